The first-order valence-electron chi connectivity index (χ1n) is 13.4. The molecule has 42 heavy (non-hydrogen) atoms. The molecule has 5 atom stereocenters. The first-order chi connectivity index (χ1) is 19.9. The summed E-state index contributed by atoms with van der Waals surface area (Å²) in [5.74, 6) is -2.58. The number of rotatable bonds is 12. The third-order valence-electron chi connectivity index (χ3n) is 6.20. The summed E-state index contributed by atoms with van der Waals surface area (Å²) in [4.78, 5) is 49.3. The van der Waals surface area contributed by atoms with E-state index in [0.29, 0.717) is 5.56 Å². The zero-order valence-corrected chi connectivity index (χ0v) is 24.4. The lowest BCUT2D eigenvalue weighted by molar-refractivity contribution is -0.271. The summed E-state index contributed by atoms with van der Waals surface area (Å²) >= 11 is 0. The zero-order chi connectivity index (χ0) is 31.0. The Labute approximate surface area is 242 Å². The van der Waals surface area contributed by atoms with Gasteiger partial charge >= 0.3 is 23.9 Å². The number of nitrogens with zero attached hydrogens (tertiary/aromatic N) is 3. The molecule has 16 heteroatoms. The van der Waals surface area contributed by atoms with Gasteiger partial charge in [-0.15, -0.1) is 5.10 Å². The van der Waals surface area contributed by atoms with Crippen LogP contribution in [-0.2, 0) is 52.9 Å². The van der Waals surface area contributed by atoms with Crippen molar-refractivity contribution in [1.82, 2.24) is 15.0 Å². The maximum absolute atomic E-state index is 12.5. The maximum Gasteiger partial charge on any atom is 0.306 e. The smallest absolute Gasteiger partial charge is 0.306 e. The molecule has 0 radical (unpaired) electrons. The maximum atomic E-state index is 12.5. The van der Waals surface area contributed by atoms with E-state index in [1.54, 1.807) is 33.8 Å². The molecule has 0 saturated carbocycles. The van der Waals surface area contributed by atoms with Crippen molar-refractivity contribution >= 4 is 33.9 Å². The van der Waals surface area contributed by atoms with Crippen LogP contribution in [0.2, 0.25) is 0 Å². The molecular weight excluding hydrogens is 576 g/mol. The number of hydrogen-bond acceptors (Lipinski definition) is 13. The molecule has 1 saturated heterocycles. The fourth-order valence-electron chi connectivity index (χ4n) is 3.99. The Balaban J connectivity index is 2.11. The average Bonchev–Trinajstić information content (AvgIpc) is 3.47. The van der Waals surface area contributed by atoms with Crippen molar-refractivity contribution in [1.29, 1.82) is 0 Å². The summed E-state index contributed by atoms with van der Waals surface area (Å²) in [6, 6.07) is 5.68. The van der Waals surface area contributed by atoms with Crippen molar-refractivity contribution in [2.75, 3.05) is 6.61 Å². The number of hydrogen-bond donors (Lipinski definition) is 1. The van der Waals surface area contributed by atoms with Gasteiger partial charge in [0.15, 0.2) is 24.5 Å². The van der Waals surface area contributed by atoms with E-state index in [0.717, 1.165) is 0 Å². The minimum Gasteiger partial charge on any atom is -0.463 e. The molecular formula is C26H34N4O11S. The first-order valence-corrected chi connectivity index (χ1v) is 14.9. The minimum atomic E-state index is -4.00. The molecule has 1 aromatic carbocycles. The number of aromatic nitrogens is 3. The third kappa shape index (κ3) is 8.10. The van der Waals surface area contributed by atoms with Crippen LogP contribution in [-0.4, -0.2) is 78.3 Å². The average molecular weight is 611 g/mol. The number of primary sulfonamides is 1. The van der Waals surface area contributed by atoms with Crippen molar-refractivity contribution in [3.63, 3.8) is 0 Å². The molecule has 2 aromatic rings. The zero-order valence-electron chi connectivity index (χ0n) is 23.6. The van der Waals surface area contributed by atoms with E-state index < -0.39 is 71.2 Å². The van der Waals surface area contributed by atoms with Crippen LogP contribution in [0.5, 0.6) is 0 Å². The van der Waals surface area contributed by atoms with Gasteiger partial charge < -0.3 is 23.7 Å². The Morgan fingerprint density at radius 2 is 1.45 bits per heavy atom. The molecule has 0 unspecified atom stereocenters. The van der Waals surface area contributed by atoms with E-state index in [2.05, 4.69) is 10.3 Å². The van der Waals surface area contributed by atoms with Crippen molar-refractivity contribution in [2.45, 2.75) is 88.9 Å². The summed E-state index contributed by atoms with van der Waals surface area (Å²) in [6.45, 7) is 5.87. The van der Waals surface area contributed by atoms with Gasteiger partial charge in [0.2, 0.25) is 10.0 Å². The van der Waals surface area contributed by atoms with Crippen LogP contribution in [0.1, 0.15) is 59.6 Å². The van der Waals surface area contributed by atoms with Crippen LogP contribution >= 0.6 is 0 Å². The van der Waals surface area contributed by atoms with Crippen LogP contribution in [0.3, 0.4) is 0 Å². The minimum absolute atomic E-state index is 0.0285. The molecule has 2 N–H and O–H groups in total. The van der Waals surface area contributed by atoms with Crippen LogP contribution in [0.15, 0.2) is 35.4 Å². The second-order valence-electron chi connectivity index (χ2n) is 9.18. The van der Waals surface area contributed by atoms with Crippen molar-refractivity contribution in [3.8, 4) is 11.3 Å². The van der Waals surface area contributed by atoms with Gasteiger partial charge in [-0.1, -0.05) is 45.0 Å². The lowest BCUT2D eigenvalue weighted by Crippen LogP contribution is -2.60. The molecule has 1 fully saturated rings. The number of esters is 4. The summed E-state index contributed by atoms with van der Waals surface area (Å²) in [5.41, 5.74) is 0.558. The van der Waals surface area contributed by atoms with E-state index in [4.69, 9.17) is 28.8 Å². The third-order valence-corrected chi connectivity index (χ3v) is 7.12. The standard InChI is InChI=1S/C26H34N4O11S/c1-5-19(31)37-14-18-23(39-20(32)6-2)24(40-21(33)7-3)25(41-22(34)8-4)26(38-18)30-13-17(28-29-30)15-10-9-11-16(12-15)42(27,35)36/h9-13,18,23-26H,5-8,14H2,1-4H3,(H2,27,35,36)/t18-,23-,24+,25-,26-/m1/s1. The van der Waals surface area contributed by atoms with Gasteiger partial charge in [0.05, 0.1) is 11.1 Å². The molecule has 0 amide bonds. The molecule has 15 nitrogen and oxygen atoms in total. The van der Waals surface area contributed by atoms with Gasteiger partial charge in [0.1, 0.15) is 18.4 Å². The lowest BCUT2D eigenvalue weighted by atomic mass is 9.97. The van der Waals surface area contributed by atoms with Gasteiger partial charge in [-0.3, -0.25) is 19.2 Å². The van der Waals surface area contributed by atoms with Gasteiger partial charge in [0.25, 0.3) is 0 Å². The molecule has 230 valence electrons. The van der Waals surface area contributed by atoms with E-state index >= 15 is 0 Å². The van der Waals surface area contributed by atoms with Gasteiger partial charge in [-0.05, 0) is 12.1 Å². The Hall–Kier alpha value is -3.89. The molecule has 1 aliphatic rings. The monoisotopic (exact) mass is 610 g/mol. The number of carbonyl (C=O) groups is 4. The highest BCUT2D eigenvalue weighted by Gasteiger charge is 2.53. The van der Waals surface area contributed by atoms with Crippen LogP contribution in [0.25, 0.3) is 11.3 Å². The molecule has 2 heterocycles. The Morgan fingerprint density at radius 3 is 2.02 bits per heavy atom. The van der Waals surface area contributed by atoms with E-state index in [1.165, 1.54) is 29.1 Å². The van der Waals surface area contributed by atoms with Gasteiger partial charge in [0, 0.05) is 31.2 Å². The van der Waals surface area contributed by atoms with Gasteiger partial charge in [-0.2, -0.15) is 0 Å². The fraction of sp³-hybridized carbons (Fsp3) is 0.538. The summed E-state index contributed by atoms with van der Waals surface area (Å²) < 4.78 is 53.2. The number of sulfonamides is 1. The highest BCUT2D eigenvalue weighted by molar-refractivity contribution is 7.89. The Morgan fingerprint density at radius 1 is 0.881 bits per heavy atom. The molecule has 1 aliphatic heterocycles. The fourth-order valence-corrected chi connectivity index (χ4v) is 4.55. The van der Waals surface area contributed by atoms with Crippen LogP contribution in [0, 0.1) is 0 Å². The number of nitrogens with two attached hydrogens (primary N) is 1. The molecule has 0 spiro atoms. The van der Waals surface area contributed by atoms with Gasteiger partial charge in [-0.25, -0.2) is 18.2 Å². The number of benzene rings is 1. The van der Waals surface area contributed by atoms with E-state index in [1.807, 2.05) is 0 Å². The Bertz CT molecular complexity index is 1390. The Kier molecular flexibility index (Phi) is 11.1. The van der Waals surface area contributed by atoms with E-state index in [-0.39, 0.29) is 36.3 Å². The molecule has 0 aliphatic carbocycles. The molecule has 0 bridgehead atoms. The van der Waals surface area contributed by atoms with Crippen molar-refractivity contribution in [2.24, 2.45) is 5.14 Å². The van der Waals surface area contributed by atoms with Crippen LogP contribution < -0.4 is 5.14 Å². The van der Waals surface area contributed by atoms with Crippen molar-refractivity contribution < 1.29 is 51.3 Å². The predicted molar refractivity (Wildman–Crippen MR) is 143 cm³/mol. The lowest BCUT2D eigenvalue weighted by Gasteiger charge is -2.44. The largest absolute Gasteiger partial charge is 0.463 e. The highest BCUT2D eigenvalue weighted by atomic mass is 32.2. The molecule has 3 rings (SSSR count). The van der Waals surface area contributed by atoms with E-state index in [9.17, 15) is 27.6 Å². The molecule has 1 aromatic heterocycles. The second-order valence-corrected chi connectivity index (χ2v) is 10.7. The number of ether oxygens (including phenoxy) is 5. The number of carbonyl (C=O) groups excluding carboxylic acids is 4. The van der Waals surface area contributed by atoms with Crippen LogP contribution in [0.4, 0.5) is 0 Å². The quantitative estimate of drug-likeness (QED) is 0.267. The normalized spacial score (nSPS) is 22.2. The van der Waals surface area contributed by atoms with Crippen molar-refractivity contribution in [3.05, 3.63) is 30.5 Å². The SMILES string of the molecule is CCC(=O)OC[C@H]1O[C@@H](n2cc(-c3cccc(S(N)(=O)=O)c3)nn2)[C@H](OC(=O)CC)[C@@H](OC(=O)CC)[C@@H]1OC(=O)CC. The summed E-state index contributed by atoms with van der Waals surface area (Å²) in [6.07, 6.45) is -5.23. The highest BCUT2D eigenvalue weighted by Crippen LogP contribution is 2.35. The predicted octanol–water partition coefficient (Wildman–Crippen LogP) is 1.41. The summed E-state index contributed by atoms with van der Waals surface area (Å²) in [7, 11) is -4.00. The summed E-state index contributed by atoms with van der Waals surface area (Å²) in [5, 5.41) is 13.4. The second kappa shape index (κ2) is 14.3. The topological polar surface area (TPSA) is 205 Å². The first kappa shape index (κ1) is 32.6.